The van der Waals surface area contributed by atoms with Gasteiger partial charge < -0.3 is 19.1 Å². The van der Waals surface area contributed by atoms with E-state index in [2.05, 4.69) is 9.62 Å². The Bertz CT molecular complexity index is 1400. The lowest BCUT2D eigenvalue weighted by molar-refractivity contribution is -0.135. The van der Waals surface area contributed by atoms with E-state index in [9.17, 15) is 13.2 Å². The second-order valence-electron chi connectivity index (χ2n) is 9.04. The molecule has 0 bridgehead atoms. The van der Waals surface area contributed by atoms with Gasteiger partial charge in [-0.2, -0.15) is 0 Å². The lowest BCUT2D eigenvalue weighted by atomic mass is 10.1. The second-order valence-corrected chi connectivity index (χ2v) is 11.2. The van der Waals surface area contributed by atoms with Gasteiger partial charge in [-0.05, 0) is 41.5 Å². The van der Waals surface area contributed by atoms with Crippen LogP contribution in [0.1, 0.15) is 11.1 Å². The molecule has 1 N–H and O–H groups in total. The van der Waals surface area contributed by atoms with Gasteiger partial charge in [-0.15, -0.1) is 0 Å². The van der Waals surface area contributed by atoms with Crippen molar-refractivity contribution in [2.45, 2.75) is 18.0 Å². The number of nitrogens with one attached hydrogen (secondary N) is 1. The van der Waals surface area contributed by atoms with E-state index in [1.807, 2.05) is 48.5 Å². The highest BCUT2D eigenvalue weighted by Crippen LogP contribution is 2.33. The molecular weight excluding hydrogens is 530 g/mol. The van der Waals surface area contributed by atoms with Gasteiger partial charge in [0.2, 0.25) is 16.8 Å². The van der Waals surface area contributed by atoms with E-state index < -0.39 is 10.0 Å². The molecule has 0 saturated carbocycles. The van der Waals surface area contributed by atoms with Crippen molar-refractivity contribution in [3.63, 3.8) is 0 Å². The van der Waals surface area contributed by atoms with E-state index >= 15 is 0 Å². The van der Waals surface area contributed by atoms with Crippen molar-refractivity contribution in [2.75, 3.05) is 39.6 Å². The average molecular weight is 558 g/mol. The summed E-state index contributed by atoms with van der Waals surface area (Å²) in [5.41, 5.74) is 1.97. The minimum Gasteiger partial charge on any atom is -0.482 e. The predicted molar refractivity (Wildman–Crippen MR) is 142 cm³/mol. The number of hydrogen-bond acceptors (Lipinski definition) is 7. The van der Waals surface area contributed by atoms with Gasteiger partial charge in [0, 0.05) is 39.3 Å². The van der Waals surface area contributed by atoms with Gasteiger partial charge in [0.25, 0.3) is 5.91 Å². The first kappa shape index (κ1) is 26.3. The fourth-order valence-corrected chi connectivity index (χ4v) is 5.65. The highest BCUT2D eigenvalue weighted by atomic mass is 35.5. The normalized spacial score (nSPS) is 15.4. The van der Waals surface area contributed by atoms with Gasteiger partial charge in [0.05, 0.1) is 9.92 Å². The van der Waals surface area contributed by atoms with Crippen molar-refractivity contribution in [1.29, 1.82) is 0 Å². The van der Waals surface area contributed by atoms with Crippen LogP contribution >= 0.6 is 11.6 Å². The maximum Gasteiger partial charge on any atom is 0.260 e. The molecule has 2 aliphatic heterocycles. The van der Waals surface area contributed by atoms with Crippen LogP contribution in [0.25, 0.3) is 0 Å². The maximum atomic E-state index is 12.7. The van der Waals surface area contributed by atoms with Crippen molar-refractivity contribution >= 4 is 27.5 Å². The molecule has 3 aromatic rings. The van der Waals surface area contributed by atoms with E-state index in [4.69, 9.17) is 25.8 Å². The molecule has 38 heavy (non-hydrogen) atoms. The zero-order valence-electron chi connectivity index (χ0n) is 20.6. The standard InChI is InChI=1S/C27H28ClN3O6S/c28-23-15-22(38(33,34)29-16-20-4-2-1-3-5-20)7-9-24(23)35-18-27(32)31-12-10-30(11-13-31)17-21-6-8-25-26(14-21)37-19-36-25/h1-9,14-15,29H,10-13,16-19H2. The van der Waals surface area contributed by atoms with E-state index in [1.165, 1.54) is 18.2 Å². The van der Waals surface area contributed by atoms with Crippen molar-refractivity contribution < 1.29 is 27.4 Å². The lowest BCUT2D eigenvalue weighted by Crippen LogP contribution is -2.49. The van der Waals surface area contributed by atoms with Crippen LogP contribution in [0.4, 0.5) is 0 Å². The summed E-state index contributed by atoms with van der Waals surface area (Å²) >= 11 is 6.29. The molecule has 9 nitrogen and oxygen atoms in total. The number of ether oxygens (including phenoxy) is 3. The molecule has 0 aromatic heterocycles. The minimum atomic E-state index is -3.76. The Hall–Kier alpha value is -3.31. The highest BCUT2D eigenvalue weighted by molar-refractivity contribution is 7.89. The maximum absolute atomic E-state index is 12.7. The third kappa shape index (κ3) is 6.39. The fourth-order valence-electron chi connectivity index (χ4n) is 4.31. The Morgan fingerprint density at radius 2 is 1.68 bits per heavy atom. The topological polar surface area (TPSA) is 97.4 Å². The predicted octanol–water partition coefficient (Wildman–Crippen LogP) is 3.27. The zero-order chi connectivity index (χ0) is 26.5. The fraction of sp³-hybridized carbons (Fsp3) is 0.296. The number of fused-ring (bicyclic) bond motifs is 1. The van der Waals surface area contributed by atoms with Gasteiger partial charge in [0.1, 0.15) is 5.75 Å². The number of sulfonamides is 1. The molecular formula is C27H28ClN3O6S. The SMILES string of the molecule is O=C(COc1ccc(S(=O)(=O)NCc2ccccc2)cc1Cl)N1CCN(Cc2ccc3c(c2)OCO3)CC1. The molecule has 200 valence electrons. The summed E-state index contributed by atoms with van der Waals surface area (Å²) in [5, 5.41) is 0.119. The van der Waals surface area contributed by atoms with Gasteiger partial charge in [-0.3, -0.25) is 9.69 Å². The zero-order valence-corrected chi connectivity index (χ0v) is 22.2. The van der Waals surface area contributed by atoms with Crippen LogP contribution in [-0.2, 0) is 27.9 Å². The van der Waals surface area contributed by atoms with Crippen LogP contribution in [0.15, 0.2) is 71.6 Å². The van der Waals surface area contributed by atoms with Gasteiger partial charge >= 0.3 is 0 Å². The van der Waals surface area contributed by atoms with Crippen LogP contribution in [0, 0.1) is 0 Å². The number of hydrogen-bond donors (Lipinski definition) is 1. The monoisotopic (exact) mass is 557 g/mol. The summed E-state index contributed by atoms with van der Waals surface area (Å²) in [5.74, 6) is 1.63. The number of piperazine rings is 1. The Balaban J connectivity index is 1.09. The van der Waals surface area contributed by atoms with Crippen LogP contribution in [0.2, 0.25) is 5.02 Å². The molecule has 2 heterocycles. The summed E-state index contributed by atoms with van der Waals surface area (Å²) in [6.07, 6.45) is 0. The number of amides is 1. The Morgan fingerprint density at radius 1 is 0.921 bits per heavy atom. The summed E-state index contributed by atoms with van der Waals surface area (Å²) in [6, 6.07) is 19.4. The molecule has 11 heteroatoms. The Morgan fingerprint density at radius 3 is 2.45 bits per heavy atom. The number of carbonyl (C=O) groups excluding carboxylic acids is 1. The quantitative estimate of drug-likeness (QED) is 0.431. The second kappa shape index (κ2) is 11.6. The van der Waals surface area contributed by atoms with Gasteiger partial charge in [-0.25, -0.2) is 13.1 Å². The molecule has 1 saturated heterocycles. The first-order valence-electron chi connectivity index (χ1n) is 12.2. The number of nitrogens with zero attached hydrogens (tertiary/aromatic N) is 2. The largest absolute Gasteiger partial charge is 0.482 e. The first-order chi connectivity index (χ1) is 18.4. The minimum absolute atomic E-state index is 0.0238. The third-order valence-corrected chi connectivity index (χ3v) is 8.14. The first-order valence-corrected chi connectivity index (χ1v) is 14.1. The Labute approximate surface area is 226 Å². The van der Waals surface area contributed by atoms with Crippen LogP contribution in [-0.4, -0.2) is 63.7 Å². The molecule has 0 spiro atoms. The molecule has 1 fully saturated rings. The number of halogens is 1. The van der Waals surface area contributed by atoms with E-state index in [-0.39, 0.29) is 41.5 Å². The molecule has 0 unspecified atom stereocenters. The molecule has 0 aliphatic carbocycles. The number of benzene rings is 3. The lowest BCUT2D eigenvalue weighted by Gasteiger charge is -2.34. The summed E-state index contributed by atoms with van der Waals surface area (Å²) in [7, 11) is -3.76. The summed E-state index contributed by atoms with van der Waals surface area (Å²) < 4.78 is 44.3. The van der Waals surface area contributed by atoms with E-state index in [1.54, 1.807) is 4.90 Å². The van der Waals surface area contributed by atoms with Crippen molar-refractivity contribution in [2.24, 2.45) is 0 Å². The van der Waals surface area contributed by atoms with Gasteiger partial charge in [0.15, 0.2) is 18.1 Å². The molecule has 5 rings (SSSR count). The van der Waals surface area contributed by atoms with Gasteiger partial charge in [-0.1, -0.05) is 48.0 Å². The number of carbonyl (C=O) groups is 1. The molecule has 0 atom stereocenters. The molecule has 3 aromatic carbocycles. The van der Waals surface area contributed by atoms with E-state index in [0.717, 1.165) is 42.3 Å². The summed E-state index contributed by atoms with van der Waals surface area (Å²) in [4.78, 5) is 16.8. The van der Waals surface area contributed by atoms with E-state index in [0.29, 0.717) is 13.1 Å². The Kier molecular flexibility index (Phi) is 8.04. The molecule has 2 aliphatic rings. The van der Waals surface area contributed by atoms with Crippen LogP contribution in [0.5, 0.6) is 17.2 Å². The van der Waals surface area contributed by atoms with Crippen LogP contribution < -0.4 is 18.9 Å². The van der Waals surface area contributed by atoms with Crippen molar-refractivity contribution in [1.82, 2.24) is 14.5 Å². The van der Waals surface area contributed by atoms with Crippen molar-refractivity contribution in [3.8, 4) is 17.2 Å². The smallest absolute Gasteiger partial charge is 0.260 e. The highest BCUT2D eigenvalue weighted by Gasteiger charge is 2.23. The molecule has 1 amide bonds. The molecule has 0 radical (unpaired) electrons. The van der Waals surface area contributed by atoms with Crippen molar-refractivity contribution in [3.05, 3.63) is 82.9 Å². The third-order valence-electron chi connectivity index (χ3n) is 6.44. The average Bonchev–Trinajstić information content (AvgIpc) is 3.40. The number of rotatable bonds is 9. The van der Waals surface area contributed by atoms with Crippen LogP contribution in [0.3, 0.4) is 0 Å². The summed E-state index contributed by atoms with van der Waals surface area (Å²) in [6.45, 7) is 3.66.